The summed E-state index contributed by atoms with van der Waals surface area (Å²) < 4.78 is 5.67. The van der Waals surface area contributed by atoms with Gasteiger partial charge in [0.1, 0.15) is 17.0 Å². The molecular weight excluding hydrogens is 312 g/mol. The maximum absolute atomic E-state index is 12.3. The number of amides is 1. The highest BCUT2D eigenvalue weighted by atomic mass is 32.1. The van der Waals surface area contributed by atoms with Gasteiger partial charge in [-0.25, -0.2) is 9.97 Å². The molecule has 1 amide bonds. The van der Waals surface area contributed by atoms with Crippen LogP contribution in [0.4, 0.5) is 5.82 Å². The minimum Gasteiger partial charge on any atom is -0.372 e. The van der Waals surface area contributed by atoms with Gasteiger partial charge in [0.2, 0.25) is 5.91 Å². The normalized spacial score (nSPS) is 21.6. The van der Waals surface area contributed by atoms with Gasteiger partial charge in [0.15, 0.2) is 0 Å². The summed E-state index contributed by atoms with van der Waals surface area (Å²) in [5, 5.41) is 4.29. The van der Waals surface area contributed by atoms with E-state index in [1.54, 1.807) is 17.7 Å². The van der Waals surface area contributed by atoms with E-state index in [1.807, 2.05) is 18.7 Å². The summed E-state index contributed by atoms with van der Waals surface area (Å²) in [4.78, 5) is 25.0. The number of aryl methyl sites for hydroxylation is 1. The molecule has 0 unspecified atom stereocenters. The summed E-state index contributed by atoms with van der Waals surface area (Å²) in [5.41, 5.74) is 0. The van der Waals surface area contributed by atoms with Crippen molar-refractivity contribution in [2.75, 3.05) is 25.0 Å². The largest absolute Gasteiger partial charge is 0.372 e. The van der Waals surface area contributed by atoms with Crippen LogP contribution in [0.25, 0.3) is 10.2 Å². The smallest absolute Gasteiger partial charge is 0.224 e. The second-order valence-corrected chi connectivity index (χ2v) is 7.27. The fourth-order valence-corrected chi connectivity index (χ4v) is 3.79. The molecule has 2 atom stereocenters. The molecule has 1 fully saturated rings. The number of hydrogen-bond donors (Lipinski definition) is 1. The number of carbonyl (C=O) groups excluding carboxylic acids is 1. The molecule has 23 heavy (non-hydrogen) atoms. The number of nitrogens with one attached hydrogen (secondary N) is 1. The number of nitrogens with zero attached hydrogens (tertiary/aromatic N) is 3. The van der Waals surface area contributed by atoms with Gasteiger partial charge in [-0.05, 0) is 26.8 Å². The number of aromatic nitrogens is 2. The van der Waals surface area contributed by atoms with Gasteiger partial charge >= 0.3 is 0 Å². The maximum Gasteiger partial charge on any atom is 0.224 e. The van der Waals surface area contributed by atoms with Crippen molar-refractivity contribution in [3.05, 3.63) is 17.3 Å². The van der Waals surface area contributed by atoms with Gasteiger partial charge in [0, 0.05) is 30.9 Å². The van der Waals surface area contributed by atoms with Crippen LogP contribution in [0, 0.1) is 6.92 Å². The summed E-state index contributed by atoms with van der Waals surface area (Å²) in [6.45, 7) is 7.98. The summed E-state index contributed by atoms with van der Waals surface area (Å²) in [7, 11) is 0. The quantitative estimate of drug-likeness (QED) is 0.930. The molecule has 1 saturated heterocycles. The number of fused-ring (bicyclic) bond motifs is 1. The number of rotatable bonds is 4. The van der Waals surface area contributed by atoms with Crippen molar-refractivity contribution in [2.45, 2.75) is 39.4 Å². The van der Waals surface area contributed by atoms with E-state index in [1.165, 1.54) is 4.88 Å². The molecule has 0 radical (unpaired) electrons. The average molecular weight is 334 g/mol. The van der Waals surface area contributed by atoms with Crippen molar-refractivity contribution in [3.63, 3.8) is 0 Å². The Morgan fingerprint density at radius 3 is 2.87 bits per heavy atom. The first-order valence-corrected chi connectivity index (χ1v) is 8.73. The molecule has 0 spiro atoms. The Hall–Kier alpha value is -1.73. The Labute approximate surface area is 139 Å². The van der Waals surface area contributed by atoms with Crippen LogP contribution in [-0.4, -0.2) is 52.6 Å². The standard InChI is InChI=1S/C16H22N4O2S/c1-10-7-20(8-11(2)22-10)14(21)4-5-17-15-13-6-12(3)23-16(13)19-9-18-15/h6,9-11H,4-5,7-8H2,1-3H3,(H,17,18,19)/t10-,11+. The van der Waals surface area contributed by atoms with E-state index >= 15 is 0 Å². The SMILES string of the molecule is Cc1cc2c(NCCC(=O)N3C[C@@H](C)O[C@@H](C)C3)ncnc2s1. The van der Waals surface area contributed by atoms with Gasteiger partial charge in [-0.15, -0.1) is 11.3 Å². The van der Waals surface area contributed by atoms with E-state index < -0.39 is 0 Å². The van der Waals surface area contributed by atoms with Gasteiger partial charge in [-0.2, -0.15) is 0 Å². The summed E-state index contributed by atoms with van der Waals surface area (Å²) in [6.07, 6.45) is 2.22. The lowest BCUT2D eigenvalue weighted by Gasteiger charge is -2.35. The molecule has 1 aliphatic rings. The summed E-state index contributed by atoms with van der Waals surface area (Å²) >= 11 is 1.65. The number of anilines is 1. The molecule has 2 aromatic heterocycles. The molecule has 0 aliphatic carbocycles. The van der Waals surface area contributed by atoms with Crippen LogP contribution in [0.15, 0.2) is 12.4 Å². The molecule has 7 heteroatoms. The van der Waals surface area contributed by atoms with Crippen molar-refractivity contribution in [3.8, 4) is 0 Å². The highest BCUT2D eigenvalue weighted by molar-refractivity contribution is 7.18. The Morgan fingerprint density at radius 1 is 1.39 bits per heavy atom. The number of ether oxygens (including phenoxy) is 1. The number of thiophene rings is 1. The molecule has 6 nitrogen and oxygen atoms in total. The first kappa shape index (κ1) is 16.1. The van der Waals surface area contributed by atoms with E-state index in [-0.39, 0.29) is 18.1 Å². The highest BCUT2D eigenvalue weighted by Crippen LogP contribution is 2.27. The Balaban J connectivity index is 1.57. The van der Waals surface area contributed by atoms with Crippen LogP contribution in [0.1, 0.15) is 25.1 Å². The van der Waals surface area contributed by atoms with Gasteiger partial charge in [0.05, 0.1) is 17.6 Å². The summed E-state index contributed by atoms with van der Waals surface area (Å²) in [5.74, 6) is 0.960. The molecule has 124 valence electrons. The first-order chi connectivity index (χ1) is 11.0. The lowest BCUT2D eigenvalue weighted by atomic mass is 10.2. The first-order valence-electron chi connectivity index (χ1n) is 7.91. The zero-order chi connectivity index (χ0) is 16.4. The second-order valence-electron chi connectivity index (χ2n) is 6.03. The predicted octanol–water partition coefficient (Wildman–Crippen LogP) is 2.44. The average Bonchev–Trinajstić information content (AvgIpc) is 2.87. The van der Waals surface area contributed by atoms with Crippen LogP contribution in [0.2, 0.25) is 0 Å². The van der Waals surface area contributed by atoms with Crippen molar-refractivity contribution < 1.29 is 9.53 Å². The Kier molecular flexibility index (Phi) is 4.77. The van der Waals surface area contributed by atoms with Gasteiger partial charge in [-0.1, -0.05) is 0 Å². The zero-order valence-electron chi connectivity index (χ0n) is 13.7. The van der Waals surface area contributed by atoms with E-state index in [2.05, 4.69) is 28.3 Å². The fourth-order valence-electron chi connectivity index (χ4n) is 2.94. The third-order valence-corrected chi connectivity index (χ3v) is 4.81. The molecule has 1 aliphatic heterocycles. The third kappa shape index (κ3) is 3.79. The molecule has 0 bridgehead atoms. The highest BCUT2D eigenvalue weighted by Gasteiger charge is 2.25. The van der Waals surface area contributed by atoms with E-state index in [9.17, 15) is 4.79 Å². The molecule has 3 rings (SSSR count). The zero-order valence-corrected chi connectivity index (χ0v) is 14.5. The molecule has 2 aromatic rings. The number of morpholine rings is 1. The third-order valence-electron chi connectivity index (χ3n) is 3.86. The molecule has 0 saturated carbocycles. The predicted molar refractivity (Wildman–Crippen MR) is 91.8 cm³/mol. The lowest BCUT2D eigenvalue weighted by Crippen LogP contribution is -2.48. The maximum atomic E-state index is 12.3. The minimum absolute atomic E-state index is 0.103. The minimum atomic E-state index is 0.103. The van der Waals surface area contributed by atoms with Crippen LogP contribution < -0.4 is 5.32 Å². The Morgan fingerprint density at radius 2 is 2.13 bits per heavy atom. The van der Waals surface area contributed by atoms with Crippen LogP contribution in [0.3, 0.4) is 0 Å². The van der Waals surface area contributed by atoms with Crippen molar-refractivity contribution >= 4 is 33.3 Å². The van der Waals surface area contributed by atoms with E-state index in [4.69, 9.17) is 4.74 Å². The fraction of sp³-hybridized carbons (Fsp3) is 0.562. The summed E-state index contributed by atoms with van der Waals surface area (Å²) in [6, 6.07) is 2.08. The number of hydrogen-bond acceptors (Lipinski definition) is 6. The van der Waals surface area contributed by atoms with Crippen LogP contribution in [-0.2, 0) is 9.53 Å². The Bertz CT molecular complexity index is 692. The molecule has 0 aromatic carbocycles. The number of carbonyl (C=O) groups is 1. The molecular formula is C16H22N4O2S. The monoisotopic (exact) mass is 334 g/mol. The van der Waals surface area contributed by atoms with Gasteiger partial charge in [0.25, 0.3) is 0 Å². The van der Waals surface area contributed by atoms with Crippen LogP contribution in [0.5, 0.6) is 0 Å². The molecule has 1 N–H and O–H groups in total. The van der Waals surface area contributed by atoms with Crippen molar-refractivity contribution in [1.82, 2.24) is 14.9 Å². The topological polar surface area (TPSA) is 67.4 Å². The van der Waals surface area contributed by atoms with Crippen molar-refractivity contribution in [1.29, 1.82) is 0 Å². The molecule has 3 heterocycles. The van der Waals surface area contributed by atoms with Crippen molar-refractivity contribution in [2.24, 2.45) is 0 Å². The van der Waals surface area contributed by atoms with E-state index in [0.29, 0.717) is 26.1 Å². The van der Waals surface area contributed by atoms with Gasteiger partial charge in [-0.3, -0.25) is 4.79 Å². The van der Waals surface area contributed by atoms with Gasteiger partial charge < -0.3 is 15.0 Å². The van der Waals surface area contributed by atoms with E-state index in [0.717, 1.165) is 16.0 Å². The second kappa shape index (κ2) is 6.80. The lowest BCUT2D eigenvalue weighted by molar-refractivity contribution is -0.142. The van der Waals surface area contributed by atoms with Crippen LogP contribution >= 0.6 is 11.3 Å².